The Balaban J connectivity index is 2.41. The zero-order chi connectivity index (χ0) is 4.78. The van der Waals surface area contributed by atoms with Crippen LogP contribution in [-0.2, 0) is 0 Å². The van der Waals surface area contributed by atoms with E-state index in [1.165, 1.54) is 0 Å². The minimum Gasteiger partial charge on any atom is -0.254 e. The zero-order valence-electron chi connectivity index (χ0n) is 4.16. The van der Waals surface area contributed by atoms with Crippen molar-refractivity contribution in [1.82, 2.24) is 0 Å². The third-order valence-electron chi connectivity index (χ3n) is 1.57. The summed E-state index contributed by atoms with van der Waals surface area (Å²) in [6.45, 7) is 1.93. The second-order valence-corrected chi connectivity index (χ2v) is 2.38. The Hall–Kier alpha value is -0.00506. The van der Waals surface area contributed by atoms with E-state index < -0.39 is 5.57 Å². The fourth-order valence-electron chi connectivity index (χ4n) is 0.540. The summed E-state index contributed by atoms with van der Waals surface area (Å²) in [5, 5.41) is 0. The lowest BCUT2D eigenvalue weighted by Gasteiger charge is -1.86. The van der Waals surface area contributed by atoms with Crippen molar-refractivity contribution in [2.24, 2.45) is 5.92 Å². The van der Waals surface area contributed by atoms with Crippen molar-refractivity contribution in [1.29, 1.82) is 0 Å². The van der Waals surface area contributed by atoms with Crippen LogP contribution < -0.4 is 0 Å². The summed E-state index contributed by atoms with van der Waals surface area (Å²) in [4.78, 5) is 0. The first-order chi connectivity index (χ1) is 2.63. The van der Waals surface area contributed by atoms with E-state index in [1.54, 1.807) is 7.85 Å². The van der Waals surface area contributed by atoms with Gasteiger partial charge in [0.05, 0.1) is 5.57 Å². The van der Waals surface area contributed by atoms with Crippen LogP contribution in [0.3, 0.4) is 0 Å². The Morgan fingerprint density at radius 1 is 2.00 bits per heavy atom. The Bertz CT molecular complexity index is 69.9. The number of hydrogen-bond donors (Lipinski definition) is 0. The van der Waals surface area contributed by atoms with Crippen molar-refractivity contribution in [3.63, 3.8) is 0 Å². The maximum absolute atomic E-state index is 12.2. The van der Waals surface area contributed by atoms with Gasteiger partial charge in [-0.1, -0.05) is 6.92 Å². The molecule has 1 aliphatic carbocycles. The molecule has 0 bridgehead atoms. The minimum absolute atomic E-state index is 0.331. The van der Waals surface area contributed by atoms with Crippen molar-refractivity contribution >= 4 is 7.85 Å². The third kappa shape index (κ3) is 0.443. The molecular weight excluding hydrogens is 77.9 g/mol. The molecular formula is C4H8BF. The largest absolute Gasteiger partial charge is 0.254 e. The van der Waals surface area contributed by atoms with E-state index in [2.05, 4.69) is 0 Å². The van der Waals surface area contributed by atoms with Crippen LogP contribution in [0.4, 0.5) is 4.39 Å². The molecule has 0 aromatic heterocycles. The van der Waals surface area contributed by atoms with Gasteiger partial charge in [0.15, 0.2) is 7.85 Å². The van der Waals surface area contributed by atoms with E-state index in [4.69, 9.17) is 0 Å². The fourth-order valence-corrected chi connectivity index (χ4v) is 0.540. The summed E-state index contributed by atoms with van der Waals surface area (Å²) in [6, 6.07) is 0. The summed E-state index contributed by atoms with van der Waals surface area (Å²) in [5.41, 5.74) is -0.792. The second-order valence-electron chi connectivity index (χ2n) is 2.38. The van der Waals surface area contributed by atoms with Crippen LogP contribution in [0.5, 0.6) is 0 Å². The minimum atomic E-state index is -0.792. The van der Waals surface area contributed by atoms with Crippen molar-refractivity contribution in [2.75, 3.05) is 0 Å². The van der Waals surface area contributed by atoms with E-state index in [1.807, 2.05) is 6.92 Å². The standard InChI is InChI=1S/C4H8BF/c1-3-2-4(3,5)6/h3H,2,5H2,1H3. The lowest BCUT2D eigenvalue weighted by atomic mass is 9.97. The summed E-state index contributed by atoms with van der Waals surface area (Å²) in [6.07, 6.45) is 0.771. The quantitative estimate of drug-likeness (QED) is 0.372. The average Bonchev–Trinajstić information content (AvgIpc) is 1.73. The predicted molar refractivity (Wildman–Crippen MR) is 26.2 cm³/mol. The van der Waals surface area contributed by atoms with Crippen LogP contribution in [0, 0.1) is 5.92 Å². The molecule has 1 aliphatic rings. The van der Waals surface area contributed by atoms with Crippen molar-refractivity contribution < 1.29 is 4.39 Å². The number of halogens is 1. The summed E-state index contributed by atoms with van der Waals surface area (Å²) < 4.78 is 12.2. The third-order valence-corrected chi connectivity index (χ3v) is 1.57. The highest BCUT2D eigenvalue weighted by atomic mass is 19.1. The van der Waals surface area contributed by atoms with Crippen LogP contribution in [0.25, 0.3) is 0 Å². The Labute approximate surface area is 38.1 Å². The van der Waals surface area contributed by atoms with Crippen LogP contribution >= 0.6 is 0 Å². The molecule has 1 rings (SSSR count). The molecule has 1 fully saturated rings. The molecule has 2 unspecified atom stereocenters. The van der Waals surface area contributed by atoms with Crippen LogP contribution in [0.15, 0.2) is 0 Å². The van der Waals surface area contributed by atoms with E-state index in [-0.39, 0.29) is 0 Å². The topological polar surface area (TPSA) is 0 Å². The highest BCUT2D eigenvalue weighted by molar-refractivity contribution is 6.16. The van der Waals surface area contributed by atoms with Gasteiger partial charge in [-0.25, -0.2) is 0 Å². The molecule has 0 amide bonds. The highest BCUT2D eigenvalue weighted by Gasteiger charge is 2.46. The Morgan fingerprint density at radius 2 is 2.17 bits per heavy atom. The van der Waals surface area contributed by atoms with Gasteiger partial charge in [0.25, 0.3) is 0 Å². The fraction of sp³-hybridized carbons (Fsp3) is 1.00. The van der Waals surface area contributed by atoms with Gasteiger partial charge in [0.1, 0.15) is 0 Å². The van der Waals surface area contributed by atoms with Gasteiger partial charge in [-0.05, 0) is 12.3 Å². The maximum Gasteiger partial charge on any atom is 0.150 e. The summed E-state index contributed by atoms with van der Waals surface area (Å²) >= 11 is 0. The first-order valence-corrected chi connectivity index (χ1v) is 2.32. The molecule has 0 heterocycles. The first-order valence-electron chi connectivity index (χ1n) is 2.32. The normalized spacial score (nSPS) is 55.3. The smallest absolute Gasteiger partial charge is 0.150 e. The number of alkyl halides is 1. The zero-order valence-corrected chi connectivity index (χ0v) is 4.16. The van der Waals surface area contributed by atoms with Gasteiger partial charge < -0.3 is 0 Å². The maximum atomic E-state index is 12.2. The van der Waals surface area contributed by atoms with E-state index in [9.17, 15) is 4.39 Å². The van der Waals surface area contributed by atoms with Crippen molar-refractivity contribution in [3.8, 4) is 0 Å². The lowest BCUT2D eigenvalue weighted by molar-refractivity contribution is 0.401. The van der Waals surface area contributed by atoms with Crippen LogP contribution in [-0.4, -0.2) is 13.4 Å². The van der Waals surface area contributed by atoms with Gasteiger partial charge in [0.2, 0.25) is 0 Å². The van der Waals surface area contributed by atoms with Gasteiger partial charge >= 0.3 is 0 Å². The lowest BCUT2D eigenvalue weighted by Crippen LogP contribution is -1.98. The van der Waals surface area contributed by atoms with E-state index >= 15 is 0 Å². The molecule has 1 saturated carbocycles. The molecule has 0 saturated heterocycles. The first kappa shape index (κ1) is 4.16. The van der Waals surface area contributed by atoms with E-state index in [0.29, 0.717) is 5.92 Å². The Kier molecular flexibility index (Phi) is 0.553. The molecule has 0 nitrogen and oxygen atoms in total. The molecule has 0 radical (unpaired) electrons. The number of rotatable bonds is 0. The predicted octanol–water partition coefficient (Wildman–Crippen LogP) is 0.325. The van der Waals surface area contributed by atoms with Gasteiger partial charge in [-0.3, -0.25) is 4.39 Å². The molecule has 6 heavy (non-hydrogen) atoms. The molecule has 0 aromatic carbocycles. The van der Waals surface area contributed by atoms with Crippen LogP contribution in [0.2, 0.25) is 0 Å². The van der Waals surface area contributed by atoms with Crippen molar-refractivity contribution in [3.05, 3.63) is 0 Å². The molecule has 2 heteroatoms. The van der Waals surface area contributed by atoms with Gasteiger partial charge in [-0.15, -0.1) is 0 Å². The molecule has 0 spiro atoms. The Morgan fingerprint density at radius 3 is 2.17 bits per heavy atom. The van der Waals surface area contributed by atoms with Gasteiger partial charge in [-0.2, -0.15) is 0 Å². The molecule has 0 N–H and O–H groups in total. The van der Waals surface area contributed by atoms with Crippen molar-refractivity contribution in [2.45, 2.75) is 18.9 Å². The monoisotopic (exact) mass is 86.1 g/mol. The molecule has 2 atom stereocenters. The second kappa shape index (κ2) is 0.798. The van der Waals surface area contributed by atoms with Gasteiger partial charge in [0, 0.05) is 0 Å². The van der Waals surface area contributed by atoms with E-state index in [0.717, 1.165) is 6.42 Å². The van der Waals surface area contributed by atoms with Crippen LogP contribution in [0.1, 0.15) is 13.3 Å². The summed E-state index contributed by atoms with van der Waals surface area (Å²) in [7, 11) is 1.65. The average molecular weight is 85.9 g/mol. The molecule has 0 aromatic rings. The number of hydrogen-bond acceptors (Lipinski definition) is 0. The SMILES string of the molecule is BC1(F)CC1C. The molecule has 34 valence electrons. The highest BCUT2D eigenvalue weighted by Crippen LogP contribution is 2.43. The summed E-state index contributed by atoms with van der Waals surface area (Å²) in [5.74, 6) is 0.331. The molecule has 0 aliphatic heterocycles.